The lowest BCUT2D eigenvalue weighted by atomic mass is 10.0. The molecule has 0 aromatic carbocycles. The second kappa shape index (κ2) is 9.07. The molecule has 5 heterocycles. The van der Waals surface area contributed by atoms with Gasteiger partial charge >= 0.3 is 5.97 Å². The molecule has 0 amide bonds. The van der Waals surface area contributed by atoms with E-state index in [9.17, 15) is 9.90 Å². The fourth-order valence-corrected chi connectivity index (χ4v) is 6.79. The molecule has 5 rings (SSSR count). The minimum Gasteiger partial charge on any atom is -0.477 e. The van der Waals surface area contributed by atoms with Crippen LogP contribution in [-0.2, 0) is 17.8 Å². The highest BCUT2D eigenvalue weighted by Gasteiger charge is 2.30. The second-order valence-corrected chi connectivity index (χ2v) is 10.5. The van der Waals surface area contributed by atoms with E-state index < -0.39 is 5.97 Å². The molecule has 1 fully saturated rings. The van der Waals surface area contributed by atoms with E-state index in [4.69, 9.17) is 15.5 Å². The summed E-state index contributed by atoms with van der Waals surface area (Å²) in [4.78, 5) is 23.5. The van der Waals surface area contributed by atoms with Gasteiger partial charge in [-0.3, -0.25) is 9.80 Å². The van der Waals surface area contributed by atoms with Crippen LogP contribution >= 0.6 is 22.7 Å². The number of pyridine rings is 1. The lowest BCUT2D eigenvalue weighted by Gasteiger charge is -2.34. The van der Waals surface area contributed by atoms with Crippen LogP contribution in [0, 0.1) is 0 Å². The van der Waals surface area contributed by atoms with Crippen molar-refractivity contribution in [1.29, 1.82) is 0 Å². The third-order valence-electron chi connectivity index (χ3n) is 6.53. The van der Waals surface area contributed by atoms with Crippen LogP contribution < -0.4 is 5.73 Å². The molecule has 32 heavy (non-hydrogen) atoms. The summed E-state index contributed by atoms with van der Waals surface area (Å²) in [6.07, 6.45) is 4.96. The van der Waals surface area contributed by atoms with Crippen molar-refractivity contribution in [2.75, 3.05) is 32.5 Å². The molecule has 3 aromatic heterocycles. The first-order chi connectivity index (χ1) is 15.6. The van der Waals surface area contributed by atoms with Crippen molar-refractivity contribution in [3.63, 3.8) is 0 Å². The SMILES string of the molecule is COC1CCCCN1CCCN1Cc2nc3sc(C(=O)O)c(N)c3c(-c3cccs3)c2C1. The highest BCUT2D eigenvalue weighted by atomic mass is 32.1. The monoisotopic (exact) mass is 472 g/mol. The molecular formula is C23H28N4O3S2. The lowest BCUT2D eigenvalue weighted by molar-refractivity contribution is -0.0563. The van der Waals surface area contributed by atoms with Gasteiger partial charge in [-0.2, -0.15) is 0 Å². The molecule has 9 heteroatoms. The van der Waals surface area contributed by atoms with Crippen LogP contribution in [0.4, 0.5) is 5.69 Å². The van der Waals surface area contributed by atoms with E-state index in [2.05, 4.69) is 15.9 Å². The van der Waals surface area contributed by atoms with Crippen molar-refractivity contribution in [2.45, 2.75) is 45.0 Å². The molecule has 170 valence electrons. The van der Waals surface area contributed by atoms with Crippen LogP contribution in [0.15, 0.2) is 17.5 Å². The Kier molecular flexibility index (Phi) is 6.18. The van der Waals surface area contributed by atoms with Gasteiger partial charge in [-0.1, -0.05) is 6.07 Å². The summed E-state index contributed by atoms with van der Waals surface area (Å²) in [6, 6.07) is 4.11. The van der Waals surface area contributed by atoms with Gasteiger partial charge < -0.3 is 15.6 Å². The van der Waals surface area contributed by atoms with Gasteiger partial charge in [0, 0.05) is 55.7 Å². The molecule has 0 spiro atoms. The summed E-state index contributed by atoms with van der Waals surface area (Å²) >= 11 is 2.84. The van der Waals surface area contributed by atoms with Gasteiger partial charge in [0.1, 0.15) is 15.9 Å². The molecular weight excluding hydrogens is 444 g/mol. The average molecular weight is 473 g/mol. The molecule has 2 aliphatic rings. The summed E-state index contributed by atoms with van der Waals surface area (Å²) in [6.45, 7) is 4.76. The quantitative estimate of drug-likeness (QED) is 0.524. The predicted molar refractivity (Wildman–Crippen MR) is 129 cm³/mol. The number of carboxylic acid groups (broad SMARTS) is 1. The van der Waals surface area contributed by atoms with Crippen LogP contribution in [0.5, 0.6) is 0 Å². The smallest absolute Gasteiger partial charge is 0.348 e. The van der Waals surface area contributed by atoms with Gasteiger partial charge in [0.15, 0.2) is 0 Å². The highest BCUT2D eigenvalue weighted by Crippen LogP contribution is 2.45. The molecule has 7 nitrogen and oxygen atoms in total. The number of rotatable bonds is 7. The first kappa shape index (κ1) is 21.8. The number of aromatic carboxylic acids is 1. The van der Waals surface area contributed by atoms with Crippen molar-refractivity contribution >= 4 is 44.5 Å². The van der Waals surface area contributed by atoms with Crippen LogP contribution in [-0.4, -0.2) is 58.8 Å². The minimum atomic E-state index is -0.989. The number of thiophene rings is 2. The van der Waals surface area contributed by atoms with Crippen molar-refractivity contribution < 1.29 is 14.6 Å². The van der Waals surface area contributed by atoms with Gasteiger partial charge in [0.25, 0.3) is 0 Å². The zero-order valence-corrected chi connectivity index (χ0v) is 19.8. The molecule has 0 bridgehead atoms. The Labute approximate surface area is 195 Å². The zero-order chi connectivity index (χ0) is 22.2. The number of fused-ring (bicyclic) bond motifs is 2. The Morgan fingerprint density at radius 3 is 2.97 bits per heavy atom. The summed E-state index contributed by atoms with van der Waals surface area (Å²) < 4.78 is 5.66. The molecule has 1 saturated heterocycles. The van der Waals surface area contributed by atoms with Crippen molar-refractivity contribution in [3.8, 4) is 10.4 Å². The number of hydrogen-bond acceptors (Lipinski definition) is 8. The Hall–Kier alpha value is -2.04. The van der Waals surface area contributed by atoms with Crippen molar-refractivity contribution in [2.24, 2.45) is 0 Å². The zero-order valence-electron chi connectivity index (χ0n) is 18.2. The second-order valence-electron chi connectivity index (χ2n) is 8.51. The number of hydrogen-bond donors (Lipinski definition) is 2. The first-order valence-corrected chi connectivity index (χ1v) is 12.8. The van der Waals surface area contributed by atoms with Crippen molar-refractivity contribution in [3.05, 3.63) is 33.6 Å². The number of ether oxygens (including phenoxy) is 1. The predicted octanol–water partition coefficient (Wildman–Crippen LogP) is 4.47. The first-order valence-electron chi connectivity index (χ1n) is 11.1. The van der Waals surface area contributed by atoms with E-state index >= 15 is 0 Å². The van der Waals surface area contributed by atoms with Gasteiger partial charge in [0.2, 0.25) is 0 Å². The summed E-state index contributed by atoms with van der Waals surface area (Å²) in [5.74, 6) is -0.989. The maximum Gasteiger partial charge on any atom is 0.348 e. The Bertz CT molecular complexity index is 1130. The lowest BCUT2D eigenvalue weighted by Crippen LogP contribution is -2.41. The van der Waals surface area contributed by atoms with Crippen LogP contribution in [0.1, 0.15) is 46.6 Å². The number of piperidine rings is 1. The number of nitrogens with zero attached hydrogens (tertiary/aromatic N) is 3. The Morgan fingerprint density at radius 2 is 2.22 bits per heavy atom. The molecule has 2 aliphatic heterocycles. The maximum atomic E-state index is 11.7. The Morgan fingerprint density at radius 1 is 1.34 bits per heavy atom. The van der Waals surface area contributed by atoms with E-state index in [0.717, 1.165) is 71.9 Å². The largest absolute Gasteiger partial charge is 0.477 e. The topological polar surface area (TPSA) is 91.9 Å². The number of aromatic nitrogens is 1. The fourth-order valence-electron chi connectivity index (χ4n) is 5.02. The standard InChI is InChI=1S/C23H28N4O3S2/c1-30-17-7-2-3-9-27(17)10-5-8-26-12-14-15(13-26)25-22-19(18(14)16-6-4-11-31-16)20(24)21(32-22)23(28)29/h4,6,11,17H,2-3,5,7-10,12-13,24H2,1H3,(H,28,29). The maximum absolute atomic E-state index is 11.7. The van der Waals surface area contributed by atoms with Crippen LogP contribution in [0.2, 0.25) is 0 Å². The molecule has 1 atom stereocenters. The molecule has 1 unspecified atom stereocenters. The van der Waals surface area contributed by atoms with Crippen molar-refractivity contribution in [1.82, 2.24) is 14.8 Å². The number of carboxylic acids is 1. The normalized spacial score (nSPS) is 19.6. The van der Waals surface area contributed by atoms with Gasteiger partial charge in [-0.15, -0.1) is 22.7 Å². The highest BCUT2D eigenvalue weighted by molar-refractivity contribution is 7.21. The summed E-state index contributed by atoms with van der Waals surface area (Å²) in [5, 5.41) is 12.4. The van der Waals surface area contributed by atoms with Gasteiger partial charge in [-0.25, -0.2) is 9.78 Å². The third kappa shape index (κ3) is 3.92. The molecule has 0 aliphatic carbocycles. The van der Waals surface area contributed by atoms with E-state index in [-0.39, 0.29) is 11.1 Å². The molecule has 0 saturated carbocycles. The summed E-state index contributed by atoms with van der Waals surface area (Å²) in [5.41, 5.74) is 9.97. The van der Waals surface area contributed by atoms with E-state index in [1.54, 1.807) is 11.3 Å². The Balaban J connectivity index is 1.39. The number of methoxy groups -OCH3 is 1. The van der Waals surface area contributed by atoms with Gasteiger partial charge in [0.05, 0.1) is 11.4 Å². The van der Waals surface area contributed by atoms with E-state index in [1.807, 2.05) is 18.6 Å². The number of nitrogens with two attached hydrogens (primary N) is 1. The third-order valence-corrected chi connectivity index (χ3v) is 8.50. The fraction of sp³-hybridized carbons (Fsp3) is 0.478. The molecule has 3 aromatic rings. The molecule has 3 N–H and O–H groups in total. The summed E-state index contributed by atoms with van der Waals surface area (Å²) in [7, 11) is 1.81. The van der Waals surface area contributed by atoms with E-state index in [0.29, 0.717) is 5.69 Å². The number of likely N-dealkylation sites (tertiary alicyclic amines) is 1. The average Bonchev–Trinajstić information content (AvgIpc) is 3.52. The van der Waals surface area contributed by atoms with Crippen LogP contribution in [0.3, 0.4) is 0 Å². The van der Waals surface area contributed by atoms with Crippen LogP contribution in [0.25, 0.3) is 20.7 Å². The number of carbonyl (C=O) groups is 1. The number of nitrogen functional groups attached to an aromatic ring is 1. The van der Waals surface area contributed by atoms with E-state index in [1.165, 1.54) is 29.7 Å². The minimum absolute atomic E-state index is 0.181. The molecule has 0 radical (unpaired) electrons. The number of anilines is 1. The van der Waals surface area contributed by atoms with Gasteiger partial charge in [-0.05, 0) is 42.7 Å².